The zero-order valence-corrected chi connectivity index (χ0v) is 20.1. The standard InChI is InChI=1S/C27H32N2O5/c1-26(2,3)22(23(30)29(4)27(24(31)32)14-9-15-27)28-25(33)34-16-21-19-12-7-5-10-17(19)18-11-6-8-13-20(18)21/h5-8,10-13,21-22H,9,14-16H2,1-4H3,(H,28,33)(H,31,32)/t22-/m1/s1. The summed E-state index contributed by atoms with van der Waals surface area (Å²) in [5.74, 6) is -1.53. The lowest BCUT2D eigenvalue weighted by Crippen LogP contribution is -2.65. The van der Waals surface area contributed by atoms with Gasteiger partial charge in [0.2, 0.25) is 5.91 Å². The second-order valence-electron chi connectivity index (χ2n) is 10.4. The molecular weight excluding hydrogens is 432 g/mol. The largest absolute Gasteiger partial charge is 0.479 e. The van der Waals surface area contributed by atoms with Gasteiger partial charge >= 0.3 is 12.1 Å². The van der Waals surface area contributed by atoms with E-state index in [0.29, 0.717) is 12.8 Å². The third-order valence-electron chi connectivity index (χ3n) is 7.27. The minimum absolute atomic E-state index is 0.0881. The van der Waals surface area contributed by atoms with Gasteiger partial charge in [-0.15, -0.1) is 0 Å². The second-order valence-corrected chi connectivity index (χ2v) is 10.4. The lowest BCUT2D eigenvalue weighted by Gasteiger charge is -2.47. The maximum Gasteiger partial charge on any atom is 0.407 e. The number of likely N-dealkylation sites (N-methyl/N-ethyl adjacent to an activating group) is 1. The Labute approximate surface area is 200 Å². The summed E-state index contributed by atoms with van der Waals surface area (Å²) in [5.41, 5.74) is 2.64. The van der Waals surface area contributed by atoms with E-state index in [4.69, 9.17) is 4.74 Å². The number of nitrogens with one attached hydrogen (secondary N) is 1. The van der Waals surface area contributed by atoms with Crippen molar-refractivity contribution in [2.75, 3.05) is 13.7 Å². The van der Waals surface area contributed by atoms with Crippen molar-refractivity contribution in [1.29, 1.82) is 0 Å². The second kappa shape index (κ2) is 8.78. The predicted molar refractivity (Wildman–Crippen MR) is 128 cm³/mol. The fourth-order valence-electron chi connectivity index (χ4n) is 5.02. The van der Waals surface area contributed by atoms with E-state index in [0.717, 1.165) is 28.7 Å². The lowest BCUT2D eigenvalue weighted by atomic mass is 9.74. The Morgan fingerprint density at radius 1 is 1.06 bits per heavy atom. The highest BCUT2D eigenvalue weighted by Gasteiger charge is 2.52. The number of rotatable bonds is 6. The van der Waals surface area contributed by atoms with Crippen molar-refractivity contribution in [2.24, 2.45) is 5.41 Å². The molecule has 2 aromatic rings. The van der Waals surface area contributed by atoms with Crippen LogP contribution in [0.5, 0.6) is 0 Å². The van der Waals surface area contributed by atoms with E-state index in [1.54, 1.807) is 0 Å². The molecule has 0 aromatic heterocycles. The van der Waals surface area contributed by atoms with Crippen molar-refractivity contribution in [2.45, 2.75) is 57.5 Å². The van der Waals surface area contributed by atoms with Crippen LogP contribution < -0.4 is 5.32 Å². The molecule has 0 heterocycles. The number of alkyl carbamates (subject to hydrolysis) is 1. The summed E-state index contributed by atoms with van der Waals surface area (Å²) in [5, 5.41) is 12.5. The van der Waals surface area contributed by atoms with E-state index >= 15 is 0 Å². The molecule has 7 heteroatoms. The van der Waals surface area contributed by atoms with Gasteiger partial charge in [-0.25, -0.2) is 9.59 Å². The van der Waals surface area contributed by atoms with E-state index in [1.165, 1.54) is 11.9 Å². The van der Waals surface area contributed by atoms with Crippen LogP contribution in [0.3, 0.4) is 0 Å². The van der Waals surface area contributed by atoms with Gasteiger partial charge in [-0.1, -0.05) is 69.3 Å². The van der Waals surface area contributed by atoms with Gasteiger partial charge in [0.25, 0.3) is 0 Å². The number of aliphatic carboxylic acids is 1. The number of carboxylic acid groups (broad SMARTS) is 1. The summed E-state index contributed by atoms with van der Waals surface area (Å²) in [6, 6.07) is 15.2. The van der Waals surface area contributed by atoms with Gasteiger partial charge in [-0.2, -0.15) is 0 Å². The number of hydrogen-bond acceptors (Lipinski definition) is 4. The molecule has 0 aliphatic heterocycles. The molecule has 2 aliphatic carbocycles. The maximum atomic E-state index is 13.3. The minimum Gasteiger partial charge on any atom is -0.479 e. The summed E-state index contributed by atoms with van der Waals surface area (Å²) >= 11 is 0. The molecule has 0 radical (unpaired) electrons. The average Bonchev–Trinajstić information content (AvgIpc) is 3.07. The topological polar surface area (TPSA) is 95.9 Å². The van der Waals surface area contributed by atoms with E-state index in [-0.39, 0.29) is 12.5 Å². The van der Waals surface area contributed by atoms with Gasteiger partial charge in [-0.3, -0.25) is 4.79 Å². The summed E-state index contributed by atoms with van der Waals surface area (Å²) in [4.78, 5) is 39.4. The molecule has 2 aromatic carbocycles. The molecule has 2 aliphatic rings. The summed E-state index contributed by atoms with van der Waals surface area (Å²) in [7, 11) is 1.51. The molecule has 1 atom stereocenters. The molecule has 0 saturated heterocycles. The molecule has 0 spiro atoms. The Balaban J connectivity index is 1.48. The van der Waals surface area contributed by atoms with Crippen LogP contribution in [-0.4, -0.2) is 53.2 Å². The van der Waals surface area contributed by atoms with Crippen molar-refractivity contribution in [3.63, 3.8) is 0 Å². The fraction of sp³-hybridized carbons (Fsp3) is 0.444. The third kappa shape index (κ3) is 4.04. The molecule has 0 unspecified atom stereocenters. The first-order chi connectivity index (χ1) is 16.1. The Bertz CT molecular complexity index is 1070. The monoisotopic (exact) mass is 464 g/mol. The van der Waals surface area contributed by atoms with Crippen LogP contribution in [0, 0.1) is 5.41 Å². The number of carbonyl (C=O) groups excluding carboxylic acids is 2. The highest BCUT2D eigenvalue weighted by Crippen LogP contribution is 2.44. The molecule has 2 amide bonds. The number of benzene rings is 2. The molecule has 180 valence electrons. The molecule has 1 saturated carbocycles. The number of ether oxygens (including phenoxy) is 1. The van der Waals surface area contributed by atoms with Crippen molar-refractivity contribution < 1.29 is 24.2 Å². The molecule has 4 rings (SSSR count). The lowest BCUT2D eigenvalue weighted by molar-refractivity contribution is -0.166. The van der Waals surface area contributed by atoms with Gasteiger partial charge in [0.05, 0.1) is 0 Å². The predicted octanol–water partition coefficient (Wildman–Crippen LogP) is 4.41. The van der Waals surface area contributed by atoms with Gasteiger partial charge < -0.3 is 20.1 Å². The normalized spacial score (nSPS) is 17.1. The number of fused-ring (bicyclic) bond motifs is 3. The third-order valence-corrected chi connectivity index (χ3v) is 7.27. The summed E-state index contributed by atoms with van der Waals surface area (Å²) in [6.07, 6.45) is 0.879. The quantitative estimate of drug-likeness (QED) is 0.660. The fourth-order valence-corrected chi connectivity index (χ4v) is 5.02. The van der Waals surface area contributed by atoms with Crippen LogP contribution in [-0.2, 0) is 14.3 Å². The highest BCUT2D eigenvalue weighted by atomic mass is 16.5. The molecular formula is C27H32N2O5. The SMILES string of the molecule is CN(C(=O)[C@@H](NC(=O)OCC1c2ccccc2-c2ccccc21)C(C)(C)C)C1(C(=O)O)CCC1. The number of nitrogens with zero attached hydrogens (tertiary/aromatic N) is 1. The van der Waals surface area contributed by atoms with E-state index in [2.05, 4.69) is 17.4 Å². The first-order valence-corrected chi connectivity index (χ1v) is 11.7. The van der Waals surface area contributed by atoms with Crippen molar-refractivity contribution in [3.8, 4) is 11.1 Å². The zero-order valence-electron chi connectivity index (χ0n) is 20.1. The van der Waals surface area contributed by atoms with E-state index in [9.17, 15) is 19.5 Å². The highest BCUT2D eigenvalue weighted by molar-refractivity contribution is 5.92. The Kier molecular flexibility index (Phi) is 6.14. The van der Waals surface area contributed by atoms with Gasteiger partial charge in [0.15, 0.2) is 0 Å². The van der Waals surface area contributed by atoms with E-state index in [1.807, 2.05) is 57.2 Å². The molecule has 1 fully saturated rings. The summed E-state index contributed by atoms with van der Waals surface area (Å²) in [6.45, 7) is 5.64. The first kappa shape index (κ1) is 23.8. The van der Waals surface area contributed by atoms with Gasteiger partial charge in [0.1, 0.15) is 18.2 Å². The number of carbonyl (C=O) groups is 3. The zero-order chi connectivity index (χ0) is 24.7. The van der Waals surface area contributed by atoms with Crippen LogP contribution in [0.25, 0.3) is 11.1 Å². The smallest absolute Gasteiger partial charge is 0.407 e. The Morgan fingerprint density at radius 2 is 1.59 bits per heavy atom. The number of carboxylic acids is 1. The first-order valence-electron chi connectivity index (χ1n) is 11.7. The van der Waals surface area contributed by atoms with Crippen LogP contribution in [0.1, 0.15) is 57.1 Å². The van der Waals surface area contributed by atoms with Crippen molar-refractivity contribution in [3.05, 3.63) is 59.7 Å². The van der Waals surface area contributed by atoms with Crippen LogP contribution in [0.15, 0.2) is 48.5 Å². The van der Waals surface area contributed by atoms with E-state index < -0.39 is 35.0 Å². The Morgan fingerprint density at radius 3 is 2.03 bits per heavy atom. The number of hydrogen-bond donors (Lipinski definition) is 2. The Hall–Kier alpha value is -3.35. The molecule has 2 N–H and O–H groups in total. The van der Waals surface area contributed by atoms with Crippen LogP contribution >= 0.6 is 0 Å². The minimum atomic E-state index is -1.20. The average molecular weight is 465 g/mol. The summed E-state index contributed by atoms with van der Waals surface area (Å²) < 4.78 is 5.63. The van der Waals surface area contributed by atoms with Gasteiger partial charge in [0, 0.05) is 13.0 Å². The van der Waals surface area contributed by atoms with Crippen molar-refractivity contribution >= 4 is 18.0 Å². The van der Waals surface area contributed by atoms with Crippen LogP contribution in [0.4, 0.5) is 4.79 Å². The molecule has 34 heavy (non-hydrogen) atoms. The number of amides is 2. The van der Waals surface area contributed by atoms with Gasteiger partial charge in [-0.05, 0) is 46.9 Å². The maximum absolute atomic E-state index is 13.3. The molecule has 7 nitrogen and oxygen atoms in total. The van der Waals surface area contributed by atoms with Crippen molar-refractivity contribution in [1.82, 2.24) is 10.2 Å². The van der Waals surface area contributed by atoms with Crippen LogP contribution in [0.2, 0.25) is 0 Å². The molecule has 0 bridgehead atoms.